The summed E-state index contributed by atoms with van der Waals surface area (Å²) in [6, 6.07) is 8.62. The molecule has 0 spiro atoms. The Labute approximate surface area is 116 Å². The van der Waals surface area contributed by atoms with E-state index in [4.69, 9.17) is 11.6 Å². The van der Waals surface area contributed by atoms with Crippen molar-refractivity contribution in [2.45, 2.75) is 33.2 Å². The SMILES string of the molecule is CCN(CC)CCNC(C)Cc1ccc(Cl)cc1. The Morgan fingerprint density at radius 3 is 2.33 bits per heavy atom. The summed E-state index contributed by atoms with van der Waals surface area (Å²) in [4.78, 5) is 2.43. The van der Waals surface area contributed by atoms with Crippen LogP contribution >= 0.6 is 11.6 Å². The Kier molecular flexibility index (Phi) is 7.33. The zero-order valence-corrected chi connectivity index (χ0v) is 12.5. The molecular formula is C15H25ClN2. The van der Waals surface area contributed by atoms with Crippen molar-refractivity contribution >= 4 is 11.6 Å². The second kappa shape index (κ2) is 8.52. The molecule has 0 radical (unpaired) electrons. The van der Waals surface area contributed by atoms with Crippen LogP contribution in [0.25, 0.3) is 0 Å². The van der Waals surface area contributed by atoms with Crippen LogP contribution in [-0.2, 0) is 6.42 Å². The van der Waals surface area contributed by atoms with Gasteiger partial charge in [-0.2, -0.15) is 0 Å². The number of nitrogens with one attached hydrogen (secondary N) is 1. The van der Waals surface area contributed by atoms with Gasteiger partial charge in [0.25, 0.3) is 0 Å². The van der Waals surface area contributed by atoms with Crippen LogP contribution in [0.5, 0.6) is 0 Å². The molecule has 0 fully saturated rings. The second-order valence-electron chi connectivity index (χ2n) is 4.71. The third kappa shape index (κ3) is 5.85. The van der Waals surface area contributed by atoms with Gasteiger partial charge in [0, 0.05) is 24.2 Å². The third-order valence-electron chi connectivity index (χ3n) is 3.27. The van der Waals surface area contributed by atoms with Gasteiger partial charge in [-0.25, -0.2) is 0 Å². The molecule has 0 aromatic heterocycles. The maximum atomic E-state index is 5.88. The molecule has 2 nitrogen and oxygen atoms in total. The molecule has 0 aliphatic carbocycles. The minimum atomic E-state index is 0.502. The first-order valence-electron chi connectivity index (χ1n) is 6.85. The maximum absolute atomic E-state index is 5.88. The first-order valence-corrected chi connectivity index (χ1v) is 7.23. The van der Waals surface area contributed by atoms with E-state index in [0.717, 1.165) is 37.6 Å². The normalized spacial score (nSPS) is 12.9. The van der Waals surface area contributed by atoms with Gasteiger partial charge in [0.2, 0.25) is 0 Å². The summed E-state index contributed by atoms with van der Waals surface area (Å²) in [6.45, 7) is 11.1. The van der Waals surface area contributed by atoms with E-state index in [0.29, 0.717) is 6.04 Å². The van der Waals surface area contributed by atoms with E-state index in [2.05, 4.69) is 43.1 Å². The Bertz CT molecular complexity index is 320. The number of halogens is 1. The molecule has 0 aliphatic heterocycles. The molecule has 3 heteroatoms. The zero-order chi connectivity index (χ0) is 13.4. The number of nitrogens with zero attached hydrogens (tertiary/aromatic N) is 1. The summed E-state index contributed by atoms with van der Waals surface area (Å²) in [5.41, 5.74) is 1.34. The fourth-order valence-corrected chi connectivity index (χ4v) is 2.18. The van der Waals surface area contributed by atoms with Gasteiger partial charge in [-0.15, -0.1) is 0 Å². The Morgan fingerprint density at radius 1 is 1.17 bits per heavy atom. The van der Waals surface area contributed by atoms with Crippen molar-refractivity contribution in [1.82, 2.24) is 10.2 Å². The summed E-state index contributed by atoms with van der Waals surface area (Å²) < 4.78 is 0. The lowest BCUT2D eigenvalue weighted by molar-refractivity contribution is 0.297. The number of hydrogen-bond acceptors (Lipinski definition) is 2. The van der Waals surface area contributed by atoms with Crippen molar-refractivity contribution in [3.63, 3.8) is 0 Å². The van der Waals surface area contributed by atoms with Crippen molar-refractivity contribution in [3.8, 4) is 0 Å². The van der Waals surface area contributed by atoms with Gasteiger partial charge in [0.05, 0.1) is 0 Å². The smallest absolute Gasteiger partial charge is 0.0406 e. The van der Waals surface area contributed by atoms with Crippen LogP contribution in [0.2, 0.25) is 5.02 Å². The number of hydrogen-bond donors (Lipinski definition) is 1. The van der Waals surface area contributed by atoms with Gasteiger partial charge in [-0.05, 0) is 44.1 Å². The predicted octanol–water partition coefficient (Wildman–Crippen LogP) is 3.20. The fourth-order valence-electron chi connectivity index (χ4n) is 2.06. The van der Waals surface area contributed by atoms with Crippen molar-refractivity contribution in [2.75, 3.05) is 26.2 Å². The average molecular weight is 269 g/mol. The Morgan fingerprint density at radius 2 is 1.78 bits per heavy atom. The molecule has 1 unspecified atom stereocenters. The fraction of sp³-hybridized carbons (Fsp3) is 0.600. The van der Waals surface area contributed by atoms with Crippen molar-refractivity contribution < 1.29 is 0 Å². The van der Waals surface area contributed by atoms with E-state index in [1.807, 2.05) is 12.1 Å². The predicted molar refractivity (Wildman–Crippen MR) is 80.4 cm³/mol. The highest BCUT2D eigenvalue weighted by Gasteiger charge is 2.04. The van der Waals surface area contributed by atoms with E-state index >= 15 is 0 Å². The van der Waals surface area contributed by atoms with Gasteiger partial charge in [0.15, 0.2) is 0 Å². The summed E-state index contributed by atoms with van der Waals surface area (Å²) >= 11 is 5.88. The van der Waals surface area contributed by atoms with Crippen LogP contribution in [0.1, 0.15) is 26.3 Å². The molecule has 1 atom stereocenters. The molecule has 0 heterocycles. The molecule has 102 valence electrons. The van der Waals surface area contributed by atoms with Crippen LogP contribution in [0.15, 0.2) is 24.3 Å². The van der Waals surface area contributed by atoms with Gasteiger partial charge in [0.1, 0.15) is 0 Å². The number of likely N-dealkylation sites (N-methyl/N-ethyl adjacent to an activating group) is 1. The molecule has 0 amide bonds. The quantitative estimate of drug-likeness (QED) is 0.779. The third-order valence-corrected chi connectivity index (χ3v) is 3.52. The van der Waals surface area contributed by atoms with Gasteiger partial charge in [-0.1, -0.05) is 37.6 Å². The molecule has 0 bridgehead atoms. The van der Waals surface area contributed by atoms with Crippen LogP contribution in [0.4, 0.5) is 0 Å². The molecule has 0 saturated heterocycles. The summed E-state index contributed by atoms with van der Waals surface area (Å²) in [6.07, 6.45) is 1.05. The largest absolute Gasteiger partial charge is 0.313 e. The van der Waals surface area contributed by atoms with Gasteiger partial charge >= 0.3 is 0 Å². The summed E-state index contributed by atoms with van der Waals surface area (Å²) in [5, 5.41) is 4.38. The monoisotopic (exact) mass is 268 g/mol. The van der Waals surface area contributed by atoms with Gasteiger partial charge in [-0.3, -0.25) is 0 Å². The van der Waals surface area contributed by atoms with Crippen LogP contribution in [0, 0.1) is 0 Å². The van der Waals surface area contributed by atoms with Gasteiger partial charge < -0.3 is 10.2 Å². The first-order chi connectivity index (χ1) is 8.65. The maximum Gasteiger partial charge on any atom is 0.0406 e. The molecule has 18 heavy (non-hydrogen) atoms. The highest BCUT2D eigenvalue weighted by atomic mass is 35.5. The molecule has 0 aliphatic rings. The molecular weight excluding hydrogens is 244 g/mol. The van der Waals surface area contributed by atoms with Crippen molar-refractivity contribution in [3.05, 3.63) is 34.9 Å². The highest BCUT2D eigenvalue weighted by Crippen LogP contribution is 2.10. The lowest BCUT2D eigenvalue weighted by atomic mass is 10.1. The zero-order valence-electron chi connectivity index (χ0n) is 11.7. The van der Waals surface area contributed by atoms with E-state index in [1.54, 1.807) is 0 Å². The highest BCUT2D eigenvalue weighted by molar-refractivity contribution is 6.30. The molecule has 0 saturated carbocycles. The average Bonchev–Trinajstić information content (AvgIpc) is 2.37. The van der Waals surface area contributed by atoms with E-state index < -0.39 is 0 Å². The molecule has 1 aromatic carbocycles. The minimum absolute atomic E-state index is 0.502. The van der Waals surface area contributed by atoms with Crippen LogP contribution < -0.4 is 5.32 Å². The van der Waals surface area contributed by atoms with E-state index in [1.165, 1.54) is 5.56 Å². The lowest BCUT2D eigenvalue weighted by Crippen LogP contribution is -2.36. The topological polar surface area (TPSA) is 15.3 Å². The molecule has 1 rings (SSSR count). The number of benzene rings is 1. The first kappa shape index (κ1) is 15.5. The number of rotatable bonds is 8. The second-order valence-corrected chi connectivity index (χ2v) is 5.15. The van der Waals surface area contributed by atoms with Crippen LogP contribution in [-0.4, -0.2) is 37.1 Å². The Balaban J connectivity index is 2.25. The molecule has 1 N–H and O–H groups in total. The summed E-state index contributed by atoms with van der Waals surface area (Å²) in [7, 11) is 0. The Hall–Kier alpha value is -0.570. The van der Waals surface area contributed by atoms with E-state index in [-0.39, 0.29) is 0 Å². The van der Waals surface area contributed by atoms with Crippen molar-refractivity contribution in [2.24, 2.45) is 0 Å². The lowest BCUT2D eigenvalue weighted by Gasteiger charge is -2.20. The minimum Gasteiger partial charge on any atom is -0.313 e. The van der Waals surface area contributed by atoms with E-state index in [9.17, 15) is 0 Å². The van der Waals surface area contributed by atoms with Crippen molar-refractivity contribution in [1.29, 1.82) is 0 Å². The standard InChI is InChI=1S/C15H25ClN2/c1-4-18(5-2)11-10-17-13(3)12-14-6-8-15(16)9-7-14/h6-9,13,17H,4-5,10-12H2,1-3H3. The summed E-state index contributed by atoms with van der Waals surface area (Å²) in [5.74, 6) is 0. The van der Waals surface area contributed by atoms with Crippen LogP contribution in [0.3, 0.4) is 0 Å². The molecule has 1 aromatic rings.